The van der Waals surface area contributed by atoms with E-state index in [0.29, 0.717) is 19.3 Å². The summed E-state index contributed by atoms with van der Waals surface area (Å²) in [5.74, 6) is -0.945. The van der Waals surface area contributed by atoms with Gasteiger partial charge in [-0.15, -0.1) is 11.3 Å². The maximum absolute atomic E-state index is 12.9. The van der Waals surface area contributed by atoms with E-state index in [0.717, 1.165) is 19.3 Å². The predicted octanol–water partition coefficient (Wildman–Crippen LogP) is 4.64. The second kappa shape index (κ2) is 6.94. The van der Waals surface area contributed by atoms with Crippen LogP contribution in [0.15, 0.2) is 17.5 Å². The van der Waals surface area contributed by atoms with Gasteiger partial charge in [0, 0.05) is 10.9 Å². The van der Waals surface area contributed by atoms with Crippen LogP contribution in [0.4, 0.5) is 13.2 Å². The zero-order valence-corrected chi connectivity index (χ0v) is 12.6. The fourth-order valence-corrected chi connectivity index (χ4v) is 3.98. The Kier molecular flexibility index (Phi) is 5.49. The summed E-state index contributed by atoms with van der Waals surface area (Å²) in [6.07, 6.45) is 0.0721. The Balaban J connectivity index is 1.89. The molecule has 3 atom stereocenters. The molecule has 5 heteroatoms. The molecule has 2 rings (SSSR count). The van der Waals surface area contributed by atoms with Crippen molar-refractivity contribution < 1.29 is 13.2 Å². The van der Waals surface area contributed by atoms with Crippen LogP contribution in [-0.2, 0) is 6.42 Å². The van der Waals surface area contributed by atoms with Crippen molar-refractivity contribution in [3.63, 3.8) is 0 Å². The Morgan fingerprint density at radius 2 is 2.20 bits per heavy atom. The first kappa shape index (κ1) is 15.8. The summed E-state index contributed by atoms with van der Waals surface area (Å²) in [4.78, 5) is 1.31. The van der Waals surface area contributed by atoms with Gasteiger partial charge in [0.1, 0.15) is 0 Å². The number of nitrogens with one attached hydrogen (secondary N) is 1. The Morgan fingerprint density at radius 1 is 1.40 bits per heavy atom. The van der Waals surface area contributed by atoms with Crippen LogP contribution in [0.5, 0.6) is 0 Å². The van der Waals surface area contributed by atoms with E-state index in [1.54, 1.807) is 11.3 Å². The first-order valence-corrected chi connectivity index (χ1v) is 8.15. The number of aryl methyl sites for hydroxylation is 1. The van der Waals surface area contributed by atoms with Crippen molar-refractivity contribution in [1.29, 1.82) is 0 Å². The molecule has 1 aromatic rings. The molecular weight excluding hydrogens is 283 g/mol. The van der Waals surface area contributed by atoms with Crippen molar-refractivity contribution in [2.75, 3.05) is 7.05 Å². The Labute approximate surface area is 122 Å². The molecule has 0 aromatic carbocycles. The van der Waals surface area contributed by atoms with Gasteiger partial charge in [-0.3, -0.25) is 0 Å². The summed E-state index contributed by atoms with van der Waals surface area (Å²) in [5, 5.41) is 5.29. The van der Waals surface area contributed by atoms with Gasteiger partial charge in [-0.2, -0.15) is 13.2 Å². The van der Waals surface area contributed by atoms with Gasteiger partial charge < -0.3 is 5.32 Å². The van der Waals surface area contributed by atoms with Crippen molar-refractivity contribution >= 4 is 11.3 Å². The first-order chi connectivity index (χ1) is 9.50. The van der Waals surface area contributed by atoms with E-state index in [9.17, 15) is 13.2 Å². The molecule has 0 radical (unpaired) electrons. The van der Waals surface area contributed by atoms with Crippen molar-refractivity contribution in [3.8, 4) is 0 Å². The molecule has 0 spiro atoms. The molecule has 1 N–H and O–H groups in total. The van der Waals surface area contributed by atoms with E-state index in [4.69, 9.17) is 0 Å². The van der Waals surface area contributed by atoms with Crippen molar-refractivity contribution in [3.05, 3.63) is 22.4 Å². The molecule has 20 heavy (non-hydrogen) atoms. The smallest absolute Gasteiger partial charge is 0.317 e. The zero-order chi connectivity index (χ0) is 14.6. The highest BCUT2D eigenvalue weighted by Gasteiger charge is 2.43. The summed E-state index contributed by atoms with van der Waals surface area (Å²) < 4.78 is 38.6. The highest BCUT2D eigenvalue weighted by Crippen LogP contribution is 2.41. The molecule has 1 aliphatic carbocycles. The average Bonchev–Trinajstić information content (AvgIpc) is 2.92. The van der Waals surface area contributed by atoms with Gasteiger partial charge in [0.2, 0.25) is 0 Å². The average molecular weight is 305 g/mol. The van der Waals surface area contributed by atoms with E-state index in [-0.39, 0.29) is 12.0 Å². The maximum atomic E-state index is 12.9. The number of halogens is 3. The Bertz CT molecular complexity index is 388. The summed E-state index contributed by atoms with van der Waals surface area (Å²) in [7, 11) is 1.87. The Morgan fingerprint density at radius 3 is 2.80 bits per heavy atom. The quantitative estimate of drug-likeness (QED) is 0.836. The third kappa shape index (κ3) is 4.22. The van der Waals surface area contributed by atoms with E-state index < -0.39 is 12.1 Å². The van der Waals surface area contributed by atoms with Gasteiger partial charge in [0.25, 0.3) is 0 Å². The molecule has 0 bridgehead atoms. The molecule has 0 aliphatic heterocycles. The second-order valence-corrected chi connectivity index (χ2v) is 6.71. The van der Waals surface area contributed by atoms with Gasteiger partial charge in [-0.25, -0.2) is 0 Å². The molecule has 1 saturated carbocycles. The lowest BCUT2D eigenvalue weighted by Gasteiger charge is -2.35. The number of hydrogen-bond donors (Lipinski definition) is 1. The number of alkyl halides is 3. The fraction of sp³-hybridized carbons (Fsp3) is 0.733. The molecule has 1 fully saturated rings. The highest BCUT2D eigenvalue weighted by atomic mass is 32.1. The predicted molar refractivity (Wildman–Crippen MR) is 77.0 cm³/mol. The van der Waals surface area contributed by atoms with Crippen LogP contribution in [-0.4, -0.2) is 19.3 Å². The minimum absolute atomic E-state index is 0.153. The van der Waals surface area contributed by atoms with Crippen molar-refractivity contribution in [2.45, 2.75) is 50.7 Å². The summed E-state index contributed by atoms with van der Waals surface area (Å²) >= 11 is 1.72. The van der Waals surface area contributed by atoms with Crippen LogP contribution in [0, 0.1) is 11.8 Å². The third-order valence-corrected chi connectivity index (χ3v) is 5.34. The lowest BCUT2D eigenvalue weighted by molar-refractivity contribution is -0.186. The van der Waals surface area contributed by atoms with Crippen LogP contribution in [0.2, 0.25) is 0 Å². The topological polar surface area (TPSA) is 12.0 Å². The van der Waals surface area contributed by atoms with Gasteiger partial charge in [-0.05, 0) is 56.5 Å². The number of thiophene rings is 1. The van der Waals surface area contributed by atoms with E-state index >= 15 is 0 Å². The SMILES string of the molecule is CNC(CCc1cccs1)C1CCCC(C(F)(F)F)C1. The fourth-order valence-electron chi connectivity index (χ4n) is 3.26. The lowest BCUT2D eigenvalue weighted by Crippen LogP contribution is -2.39. The Hall–Kier alpha value is -0.550. The van der Waals surface area contributed by atoms with Crippen molar-refractivity contribution in [1.82, 2.24) is 5.32 Å². The minimum Gasteiger partial charge on any atom is -0.317 e. The van der Waals surface area contributed by atoms with Gasteiger partial charge in [0.15, 0.2) is 0 Å². The van der Waals surface area contributed by atoms with E-state index in [1.807, 2.05) is 18.5 Å². The van der Waals surface area contributed by atoms with Crippen LogP contribution >= 0.6 is 11.3 Å². The molecule has 1 aliphatic rings. The number of hydrogen-bond acceptors (Lipinski definition) is 2. The normalized spacial score (nSPS) is 25.6. The summed E-state index contributed by atoms with van der Waals surface area (Å²) in [6, 6.07) is 4.31. The largest absolute Gasteiger partial charge is 0.391 e. The summed E-state index contributed by atoms with van der Waals surface area (Å²) in [6.45, 7) is 0. The highest BCUT2D eigenvalue weighted by molar-refractivity contribution is 7.09. The number of rotatable bonds is 5. The molecule has 3 unspecified atom stereocenters. The molecule has 1 heterocycles. The molecular formula is C15H22F3NS. The van der Waals surface area contributed by atoms with Gasteiger partial charge in [-0.1, -0.05) is 12.5 Å². The van der Waals surface area contributed by atoms with Gasteiger partial charge >= 0.3 is 6.18 Å². The zero-order valence-electron chi connectivity index (χ0n) is 11.7. The molecule has 114 valence electrons. The van der Waals surface area contributed by atoms with Crippen LogP contribution < -0.4 is 5.32 Å². The standard InChI is InChI=1S/C15H22F3NS/c1-19-14(8-7-13-6-3-9-20-13)11-4-2-5-12(10-11)15(16,17)18/h3,6,9,11-12,14,19H,2,4-5,7-8,10H2,1H3. The van der Waals surface area contributed by atoms with Crippen LogP contribution in [0.25, 0.3) is 0 Å². The van der Waals surface area contributed by atoms with Crippen LogP contribution in [0.1, 0.15) is 37.0 Å². The van der Waals surface area contributed by atoms with Gasteiger partial charge in [0.05, 0.1) is 5.92 Å². The van der Waals surface area contributed by atoms with E-state index in [2.05, 4.69) is 11.4 Å². The summed E-state index contributed by atoms with van der Waals surface area (Å²) in [5.41, 5.74) is 0. The molecule has 1 aromatic heterocycles. The second-order valence-electron chi connectivity index (χ2n) is 5.68. The molecule has 0 amide bonds. The molecule has 1 nitrogen and oxygen atoms in total. The van der Waals surface area contributed by atoms with E-state index in [1.165, 1.54) is 4.88 Å². The minimum atomic E-state index is -4.02. The molecule has 0 saturated heterocycles. The van der Waals surface area contributed by atoms with Crippen LogP contribution in [0.3, 0.4) is 0 Å². The first-order valence-electron chi connectivity index (χ1n) is 7.27. The maximum Gasteiger partial charge on any atom is 0.391 e. The monoisotopic (exact) mass is 305 g/mol. The van der Waals surface area contributed by atoms with Crippen molar-refractivity contribution in [2.24, 2.45) is 11.8 Å². The third-order valence-electron chi connectivity index (χ3n) is 4.40. The lowest BCUT2D eigenvalue weighted by atomic mass is 9.76.